The molecule has 2 rings (SSSR count). The standard InChI is InChI=1S/C14H24N2O3S/c1-4-15-8-14-11(2)7-13(19-14)9-16(3)12-5-6-20(17,18)10-12/h7,12,15H,4-6,8-10H2,1-3H3. The number of furan rings is 1. The molecule has 2 heterocycles. The van der Waals surface area contributed by atoms with Crippen LogP contribution in [-0.2, 0) is 22.9 Å². The molecule has 0 aliphatic carbocycles. The van der Waals surface area contributed by atoms with Crippen LogP contribution in [0.3, 0.4) is 0 Å². The summed E-state index contributed by atoms with van der Waals surface area (Å²) in [5, 5.41) is 3.25. The van der Waals surface area contributed by atoms with Crippen LogP contribution in [0.4, 0.5) is 0 Å². The third-order valence-corrected chi connectivity index (χ3v) is 5.59. The van der Waals surface area contributed by atoms with Crippen LogP contribution >= 0.6 is 0 Å². The molecule has 1 fully saturated rings. The summed E-state index contributed by atoms with van der Waals surface area (Å²) >= 11 is 0. The predicted octanol–water partition coefficient (Wildman–Crippen LogP) is 1.32. The lowest BCUT2D eigenvalue weighted by Gasteiger charge is -2.21. The minimum atomic E-state index is -2.83. The summed E-state index contributed by atoms with van der Waals surface area (Å²) in [4.78, 5) is 2.08. The summed E-state index contributed by atoms with van der Waals surface area (Å²) in [6.07, 6.45) is 0.725. The number of rotatable bonds is 6. The molecule has 1 aliphatic rings. The van der Waals surface area contributed by atoms with E-state index in [0.29, 0.717) is 12.3 Å². The highest BCUT2D eigenvalue weighted by Crippen LogP contribution is 2.21. The summed E-state index contributed by atoms with van der Waals surface area (Å²) in [5.74, 6) is 2.45. The molecular formula is C14H24N2O3S. The van der Waals surface area contributed by atoms with E-state index in [2.05, 4.69) is 17.1 Å². The largest absolute Gasteiger partial charge is 0.463 e. The van der Waals surface area contributed by atoms with Gasteiger partial charge in [-0.3, -0.25) is 4.90 Å². The molecule has 5 nitrogen and oxygen atoms in total. The molecule has 1 N–H and O–H groups in total. The van der Waals surface area contributed by atoms with Crippen molar-refractivity contribution in [2.45, 2.75) is 39.4 Å². The monoisotopic (exact) mass is 300 g/mol. The number of nitrogens with one attached hydrogen (secondary N) is 1. The van der Waals surface area contributed by atoms with Crippen LogP contribution in [0.2, 0.25) is 0 Å². The van der Waals surface area contributed by atoms with E-state index in [1.54, 1.807) is 0 Å². The fourth-order valence-electron chi connectivity index (χ4n) is 2.58. The Morgan fingerprint density at radius 1 is 1.50 bits per heavy atom. The maximum absolute atomic E-state index is 11.5. The first-order valence-electron chi connectivity index (χ1n) is 7.11. The van der Waals surface area contributed by atoms with Crippen LogP contribution in [0.1, 0.15) is 30.4 Å². The van der Waals surface area contributed by atoms with E-state index in [1.165, 1.54) is 0 Å². The molecule has 1 aromatic heterocycles. The Labute approximate surface area is 121 Å². The summed E-state index contributed by atoms with van der Waals surface area (Å²) in [7, 11) is -0.864. The van der Waals surface area contributed by atoms with Crippen molar-refractivity contribution >= 4 is 9.84 Å². The van der Waals surface area contributed by atoms with Gasteiger partial charge < -0.3 is 9.73 Å². The second-order valence-corrected chi connectivity index (χ2v) is 7.80. The first kappa shape index (κ1) is 15.5. The minimum absolute atomic E-state index is 0.114. The molecule has 1 unspecified atom stereocenters. The average Bonchev–Trinajstić information content (AvgIpc) is 2.90. The molecule has 0 radical (unpaired) electrons. The fraction of sp³-hybridized carbons (Fsp3) is 0.714. The first-order valence-corrected chi connectivity index (χ1v) is 8.93. The fourth-order valence-corrected chi connectivity index (χ4v) is 4.39. The smallest absolute Gasteiger partial charge is 0.151 e. The van der Waals surface area contributed by atoms with Crippen molar-refractivity contribution < 1.29 is 12.8 Å². The third-order valence-electron chi connectivity index (χ3n) is 3.84. The van der Waals surface area contributed by atoms with E-state index in [1.807, 2.05) is 20.0 Å². The maximum Gasteiger partial charge on any atom is 0.151 e. The molecule has 0 aromatic carbocycles. The van der Waals surface area contributed by atoms with E-state index < -0.39 is 9.84 Å². The highest BCUT2D eigenvalue weighted by atomic mass is 32.2. The normalized spacial score (nSPS) is 21.7. The van der Waals surface area contributed by atoms with Gasteiger partial charge in [0.15, 0.2) is 9.84 Å². The van der Waals surface area contributed by atoms with Gasteiger partial charge in [0.2, 0.25) is 0 Å². The van der Waals surface area contributed by atoms with E-state index >= 15 is 0 Å². The Morgan fingerprint density at radius 2 is 2.25 bits per heavy atom. The second-order valence-electron chi connectivity index (χ2n) is 5.57. The minimum Gasteiger partial charge on any atom is -0.463 e. The predicted molar refractivity (Wildman–Crippen MR) is 79.4 cm³/mol. The van der Waals surface area contributed by atoms with E-state index in [9.17, 15) is 8.42 Å². The van der Waals surface area contributed by atoms with Crippen LogP contribution in [0, 0.1) is 6.92 Å². The number of hydrogen-bond donors (Lipinski definition) is 1. The Balaban J connectivity index is 1.96. The second kappa shape index (κ2) is 6.28. The van der Waals surface area contributed by atoms with Gasteiger partial charge in [0.1, 0.15) is 11.5 Å². The molecule has 0 bridgehead atoms. The SMILES string of the molecule is CCNCc1oc(CN(C)C2CCS(=O)(=O)C2)cc1C. The van der Waals surface area contributed by atoms with Crippen molar-refractivity contribution in [1.82, 2.24) is 10.2 Å². The molecule has 20 heavy (non-hydrogen) atoms. The molecule has 1 saturated heterocycles. The van der Waals surface area contributed by atoms with Gasteiger partial charge in [-0.15, -0.1) is 0 Å². The Hall–Kier alpha value is -0.850. The van der Waals surface area contributed by atoms with E-state index in [-0.39, 0.29) is 11.8 Å². The molecule has 1 aromatic rings. The highest BCUT2D eigenvalue weighted by molar-refractivity contribution is 7.91. The topological polar surface area (TPSA) is 62.6 Å². The van der Waals surface area contributed by atoms with E-state index in [4.69, 9.17) is 4.42 Å². The van der Waals surface area contributed by atoms with Crippen molar-refractivity contribution in [3.05, 3.63) is 23.2 Å². The zero-order valence-corrected chi connectivity index (χ0v) is 13.3. The van der Waals surface area contributed by atoms with Crippen LogP contribution < -0.4 is 5.32 Å². The quantitative estimate of drug-likeness (QED) is 0.858. The number of sulfone groups is 1. The van der Waals surface area contributed by atoms with Gasteiger partial charge in [0.05, 0.1) is 24.6 Å². The Kier molecular flexibility index (Phi) is 4.88. The van der Waals surface area contributed by atoms with Gasteiger partial charge in [-0.1, -0.05) is 6.92 Å². The zero-order chi connectivity index (χ0) is 14.8. The highest BCUT2D eigenvalue weighted by Gasteiger charge is 2.30. The molecule has 1 atom stereocenters. The summed E-state index contributed by atoms with van der Waals surface area (Å²) in [5.41, 5.74) is 1.15. The van der Waals surface area contributed by atoms with Gasteiger partial charge in [-0.25, -0.2) is 8.42 Å². The van der Waals surface area contributed by atoms with Gasteiger partial charge >= 0.3 is 0 Å². The molecule has 114 valence electrons. The molecule has 6 heteroatoms. The molecule has 0 amide bonds. The van der Waals surface area contributed by atoms with Crippen LogP contribution in [0.5, 0.6) is 0 Å². The lowest BCUT2D eigenvalue weighted by Crippen LogP contribution is -2.31. The lowest BCUT2D eigenvalue weighted by molar-refractivity contribution is 0.231. The molecule has 0 spiro atoms. The summed E-state index contributed by atoms with van der Waals surface area (Å²) < 4.78 is 28.9. The third kappa shape index (κ3) is 3.84. The van der Waals surface area contributed by atoms with Gasteiger partial charge in [-0.05, 0) is 38.6 Å². The van der Waals surface area contributed by atoms with Crippen LogP contribution in [-0.4, -0.2) is 44.5 Å². The molecule has 0 saturated carbocycles. The van der Waals surface area contributed by atoms with Crippen molar-refractivity contribution in [1.29, 1.82) is 0 Å². The Bertz CT molecular complexity index is 551. The van der Waals surface area contributed by atoms with E-state index in [0.717, 1.165) is 36.6 Å². The summed E-state index contributed by atoms with van der Waals surface area (Å²) in [6, 6.07) is 2.16. The average molecular weight is 300 g/mol. The van der Waals surface area contributed by atoms with Crippen molar-refractivity contribution in [3.63, 3.8) is 0 Å². The van der Waals surface area contributed by atoms with Crippen LogP contribution in [0.15, 0.2) is 10.5 Å². The van der Waals surface area contributed by atoms with Gasteiger partial charge in [0, 0.05) is 6.04 Å². The zero-order valence-electron chi connectivity index (χ0n) is 12.5. The van der Waals surface area contributed by atoms with Crippen molar-refractivity contribution in [2.75, 3.05) is 25.1 Å². The van der Waals surface area contributed by atoms with Gasteiger partial charge in [-0.2, -0.15) is 0 Å². The summed E-state index contributed by atoms with van der Waals surface area (Å²) in [6.45, 7) is 6.42. The van der Waals surface area contributed by atoms with Crippen LogP contribution in [0.25, 0.3) is 0 Å². The van der Waals surface area contributed by atoms with Crippen molar-refractivity contribution in [3.8, 4) is 0 Å². The molecular weight excluding hydrogens is 276 g/mol. The van der Waals surface area contributed by atoms with Crippen molar-refractivity contribution in [2.24, 2.45) is 0 Å². The number of aryl methyl sites for hydroxylation is 1. The molecule has 1 aliphatic heterocycles. The maximum atomic E-state index is 11.5. The number of hydrogen-bond acceptors (Lipinski definition) is 5. The van der Waals surface area contributed by atoms with Gasteiger partial charge in [0.25, 0.3) is 0 Å². The lowest BCUT2D eigenvalue weighted by atomic mass is 10.2. The Morgan fingerprint density at radius 3 is 2.85 bits per heavy atom. The first-order chi connectivity index (χ1) is 9.41. The number of nitrogens with zero attached hydrogens (tertiary/aromatic N) is 1.